The van der Waals surface area contributed by atoms with Gasteiger partial charge in [0.25, 0.3) is 5.56 Å². The van der Waals surface area contributed by atoms with Gasteiger partial charge in [-0.25, -0.2) is 14.2 Å². The quantitative estimate of drug-likeness (QED) is 0.419. The largest absolute Gasteiger partial charge is 0.352 e. The SMILES string of the molecule is O=C(CN1CC2CCC(C1)N2C(=O)Cc1ccccc1)NC1CCC(n2c(=O)c3cc(F)cnc3n(C3CCSCC3)c2=O)CC1. The number of aromatic nitrogens is 3. The molecule has 1 N–H and O–H groups in total. The smallest absolute Gasteiger partial charge is 0.333 e. The lowest BCUT2D eigenvalue weighted by Gasteiger charge is -2.41. The standard InChI is InChI=1S/C34H41FN6O4S/c35-23-17-29-32(36-18-23)40(26-12-14-46-15-13-26)34(45)41(33(29)44)25-8-6-24(7-9-25)37-30(42)21-38-19-27-10-11-28(20-38)39(27)31(43)16-22-4-2-1-3-5-22/h1-5,17-18,24-28H,6-16,19-21H2,(H,37,42). The van der Waals surface area contributed by atoms with Crippen LogP contribution >= 0.6 is 11.8 Å². The van der Waals surface area contributed by atoms with Gasteiger partial charge in [0.15, 0.2) is 0 Å². The van der Waals surface area contributed by atoms with Crippen molar-refractivity contribution in [2.24, 2.45) is 0 Å². The molecule has 244 valence electrons. The lowest BCUT2D eigenvalue weighted by atomic mass is 9.91. The molecule has 4 aliphatic rings. The van der Waals surface area contributed by atoms with Gasteiger partial charge < -0.3 is 10.2 Å². The van der Waals surface area contributed by atoms with E-state index in [4.69, 9.17) is 0 Å². The first-order valence-corrected chi connectivity index (χ1v) is 17.8. The van der Waals surface area contributed by atoms with Crippen molar-refractivity contribution in [2.45, 2.75) is 88.0 Å². The fraction of sp³-hybridized carbons (Fsp3) is 0.559. The molecule has 3 aliphatic heterocycles. The molecule has 5 heterocycles. The molecule has 2 amide bonds. The number of hydrogen-bond acceptors (Lipinski definition) is 7. The van der Waals surface area contributed by atoms with Crippen LogP contribution < -0.4 is 16.6 Å². The highest BCUT2D eigenvalue weighted by molar-refractivity contribution is 7.99. The van der Waals surface area contributed by atoms with Crippen LogP contribution in [0.2, 0.25) is 0 Å². The number of pyridine rings is 1. The second-order valence-electron chi connectivity index (χ2n) is 13.3. The summed E-state index contributed by atoms with van der Waals surface area (Å²) < 4.78 is 17.2. The molecular weight excluding hydrogens is 607 g/mol. The third-order valence-electron chi connectivity index (χ3n) is 10.3. The second kappa shape index (κ2) is 13.3. The van der Waals surface area contributed by atoms with Crippen molar-refractivity contribution >= 4 is 34.6 Å². The Labute approximate surface area is 271 Å². The average molecular weight is 649 g/mol. The van der Waals surface area contributed by atoms with Gasteiger partial charge in [0, 0.05) is 43.3 Å². The summed E-state index contributed by atoms with van der Waals surface area (Å²) in [6, 6.07) is 10.9. The molecule has 46 heavy (non-hydrogen) atoms. The predicted octanol–water partition coefficient (Wildman–Crippen LogP) is 3.28. The minimum atomic E-state index is -0.597. The van der Waals surface area contributed by atoms with E-state index in [9.17, 15) is 23.6 Å². The summed E-state index contributed by atoms with van der Waals surface area (Å²) in [6.45, 7) is 1.69. The highest BCUT2D eigenvalue weighted by Gasteiger charge is 2.42. The van der Waals surface area contributed by atoms with Crippen LogP contribution in [0.5, 0.6) is 0 Å². The minimum Gasteiger partial charge on any atom is -0.352 e. The molecule has 1 aliphatic carbocycles. The molecule has 0 radical (unpaired) electrons. The van der Waals surface area contributed by atoms with Gasteiger partial charge in [-0.05, 0) is 74.5 Å². The first-order valence-electron chi connectivity index (χ1n) is 16.6. The lowest BCUT2D eigenvalue weighted by Crippen LogP contribution is -2.58. The molecule has 10 nitrogen and oxygen atoms in total. The van der Waals surface area contributed by atoms with Crippen LogP contribution in [-0.4, -0.2) is 85.0 Å². The molecule has 3 saturated heterocycles. The molecule has 1 aromatic carbocycles. The maximum Gasteiger partial charge on any atom is 0.333 e. The summed E-state index contributed by atoms with van der Waals surface area (Å²) in [5, 5.41) is 3.33. The zero-order valence-electron chi connectivity index (χ0n) is 26.0. The van der Waals surface area contributed by atoms with E-state index in [-0.39, 0.29) is 58.7 Å². The molecule has 2 aromatic heterocycles. The molecule has 2 unspecified atom stereocenters. The molecule has 0 spiro atoms. The van der Waals surface area contributed by atoms with E-state index in [1.54, 1.807) is 4.57 Å². The molecule has 1 saturated carbocycles. The fourth-order valence-electron chi connectivity index (χ4n) is 8.14. The first kappa shape index (κ1) is 31.1. The van der Waals surface area contributed by atoms with E-state index in [0.29, 0.717) is 51.7 Å². The summed E-state index contributed by atoms with van der Waals surface area (Å²) in [7, 11) is 0. The molecule has 12 heteroatoms. The predicted molar refractivity (Wildman–Crippen MR) is 175 cm³/mol. The van der Waals surface area contributed by atoms with Gasteiger partial charge >= 0.3 is 5.69 Å². The van der Waals surface area contributed by atoms with E-state index in [1.165, 1.54) is 10.6 Å². The number of thioether (sulfide) groups is 1. The summed E-state index contributed by atoms with van der Waals surface area (Å²) in [5.74, 6) is 1.38. The highest BCUT2D eigenvalue weighted by Crippen LogP contribution is 2.32. The van der Waals surface area contributed by atoms with E-state index >= 15 is 0 Å². The monoisotopic (exact) mass is 648 g/mol. The second-order valence-corrected chi connectivity index (χ2v) is 14.5. The summed E-state index contributed by atoms with van der Waals surface area (Å²) >= 11 is 1.85. The summed E-state index contributed by atoms with van der Waals surface area (Å²) in [5.41, 5.74) is 0.434. The van der Waals surface area contributed by atoms with Crippen molar-refractivity contribution in [3.05, 3.63) is 74.8 Å². The zero-order valence-corrected chi connectivity index (χ0v) is 26.8. The Balaban J connectivity index is 0.969. The third kappa shape index (κ3) is 6.25. The van der Waals surface area contributed by atoms with Gasteiger partial charge in [0.2, 0.25) is 11.8 Å². The topological polar surface area (TPSA) is 110 Å². The molecule has 4 fully saturated rings. The number of likely N-dealkylation sites (tertiary alicyclic amines) is 1. The maximum absolute atomic E-state index is 14.2. The van der Waals surface area contributed by atoms with Crippen molar-refractivity contribution in [3.8, 4) is 0 Å². The van der Waals surface area contributed by atoms with E-state index in [2.05, 4.69) is 20.1 Å². The Bertz CT molecular complexity index is 1700. The Morgan fingerprint density at radius 1 is 0.870 bits per heavy atom. The maximum atomic E-state index is 14.2. The van der Waals surface area contributed by atoms with E-state index in [1.807, 2.05) is 42.1 Å². The van der Waals surface area contributed by atoms with Gasteiger partial charge in [-0.3, -0.25) is 28.4 Å². The molecular formula is C34H41FN6O4S. The number of fused-ring (bicyclic) bond motifs is 3. The van der Waals surface area contributed by atoms with E-state index in [0.717, 1.165) is 48.9 Å². The van der Waals surface area contributed by atoms with Crippen molar-refractivity contribution in [1.29, 1.82) is 0 Å². The fourth-order valence-corrected chi connectivity index (χ4v) is 9.22. The zero-order chi connectivity index (χ0) is 31.8. The Morgan fingerprint density at radius 2 is 1.52 bits per heavy atom. The number of carbonyl (C=O) groups is 2. The lowest BCUT2D eigenvalue weighted by molar-refractivity contribution is -0.136. The first-order chi connectivity index (χ1) is 22.4. The molecule has 3 aromatic rings. The number of carbonyl (C=O) groups excluding carboxylic acids is 2. The molecule has 2 atom stereocenters. The normalized spacial score (nSPS) is 25.5. The third-order valence-corrected chi connectivity index (χ3v) is 11.4. The number of nitrogens with one attached hydrogen (secondary N) is 1. The van der Waals surface area contributed by atoms with Gasteiger partial charge in [-0.2, -0.15) is 11.8 Å². The van der Waals surface area contributed by atoms with Crippen LogP contribution in [0, 0.1) is 5.82 Å². The Hall–Kier alpha value is -3.51. The number of piperazine rings is 1. The van der Waals surface area contributed by atoms with Crippen LogP contribution in [0.25, 0.3) is 11.0 Å². The number of rotatable bonds is 7. The average Bonchev–Trinajstić information content (AvgIpc) is 3.33. The van der Waals surface area contributed by atoms with Crippen LogP contribution in [-0.2, 0) is 16.0 Å². The highest BCUT2D eigenvalue weighted by atomic mass is 32.2. The van der Waals surface area contributed by atoms with Crippen LogP contribution in [0.15, 0.2) is 52.2 Å². The number of nitrogens with zero attached hydrogens (tertiary/aromatic N) is 5. The van der Waals surface area contributed by atoms with Crippen LogP contribution in [0.4, 0.5) is 4.39 Å². The minimum absolute atomic E-state index is 0.0335. The van der Waals surface area contributed by atoms with Crippen LogP contribution in [0.3, 0.4) is 0 Å². The molecule has 2 bridgehead atoms. The van der Waals surface area contributed by atoms with Crippen LogP contribution in [0.1, 0.15) is 69.0 Å². The summed E-state index contributed by atoms with van der Waals surface area (Å²) in [6.07, 6.45) is 7.45. The van der Waals surface area contributed by atoms with Crippen molar-refractivity contribution in [3.63, 3.8) is 0 Å². The van der Waals surface area contributed by atoms with Gasteiger partial charge in [0.05, 0.1) is 24.5 Å². The van der Waals surface area contributed by atoms with Crippen molar-refractivity contribution < 1.29 is 14.0 Å². The van der Waals surface area contributed by atoms with Gasteiger partial charge in [-0.1, -0.05) is 30.3 Å². The Morgan fingerprint density at radius 3 is 2.22 bits per heavy atom. The number of amides is 2. The van der Waals surface area contributed by atoms with Crippen molar-refractivity contribution in [2.75, 3.05) is 31.1 Å². The van der Waals surface area contributed by atoms with Crippen molar-refractivity contribution in [1.82, 2.24) is 29.2 Å². The molecule has 7 rings (SSSR count). The van der Waals surface area contributed by atoms with Gasteiger partial charge in [0.1, 0.15) is 11.5 Å². The Kier molecular flexibility index (Phi) is 9.00. The van der Waals surface area contributed by atoms with Gasteiger partial charge in [-0.15, -0.1) is 0 Å². The van der Waals surface area contributed by atoms with E-state index < -0.39 is 11.4 Å². The summed E-state index contributed by atoms with van der Waals surface area (Å²) in [4.78, 5) is 62.1. The number of benzene rings is 1. The number of halogens is 1. The number of hydrogen-bond donors (Lipinski definition) is 1.